The fourth-order valence-corrected chi connectivity index (χ4v) is 4.99. The Morgan fingerprint density at radius 3 is 2.70 bits per heavy atom. The van der Waals surface area contributed by atoms with Crippen LogP contribution in [0.2, 0.25) is 10.0 Å². The molecule has 0 aliphatic rings. The van der Waals surface area contributed by atoms with Crippen molar-refractivity contribution in [1.29, 1.82) is 5.26 Å². The molecular weight excluding hydrogens is 435 g/mol. The van der Waals surface area contributed by atoms with E-state index in [1.807, 2.05) is 40.3 Å². The number of pyridine rings is 1. The number of nitrogens with zero attached hydrogens (tertiary/aromatic N) is 4. The van der Waals surface area contributed by atoms with E-state index in [0.29, 0.717) is 22.9 Å². The summed E-state index contributed by atoms with van der Waals surface area (Å²) in [5.41, 5.74) is 5.36. The maximum atomic E-state index is 8.82. The van der Waals surface area contributed by atoms with Crippen LogP contribution in [0.3, 0.4) is 0 Å². The third-order valence-corrected chi connectivity index (χ3v) is 6.56. The van der Waals surface area contributed by atoms with E-state index in [4.69, 9.17) is 28.5 Å². The molecule has 0 amide bonds. The summed E-state index contributed by atoms with van der Waals surface area (Å²) in [7, 11) is 0. The van der Waals surface area contributed by atoms with Crippen LogP contribution >= 0.6 is 34.5 Å². The average Bonchev–Trinajstić information content (AvgIpc) is 3.42. The molecule has 0 spiro atoms. The zero-order valence-corrected chi connectivity index (χ0v) is 18.0. The number of aryl methyl sites for hydroxylation is 1. The number of imidazole rings is 1. The molecule has 2 aromatic carbocycles. The topological polar surface area (TPSA) is 54.5 Å². The lowest BCUT2D eigenvalue weighted by molar-refractivity contribution is 1.00. The molecule has 0 saturated carbocycles. The second-order valence-corrected chi connectivity index (χ2v) is 8.64. The van der Waals surface area contributed by atoms with Crippen molar-refractivity contribution in [3.8, 4) is 22.2 Å². The number of hydrogen-bond acceptors (Lipinski definition) is 4. The van der Waals surface area contributed by atoms with Gasteiger partial charge in [-0.25, -0.2) is 4.98 Å². The van der Waals surface area contributed by atoms with Gasteiger partial charge in [0.05, 0.1) is 39.0 Å². The maximum Gasteiger partial charge on any atom is 0.108 e. The van der Waals surface area contributed by atoms with Crippen LogP contribution in [0.15, 0.2) is 60.4 Å². The predicted octanol–water partition coefficient (Wildman–Crippen LogP) is 7.07. The van der Waals surface area contributed by atoms with E-state index < -0.39 is 0 Å². The highest BCUT2D eigenvalue weighted by Crippen LogP contribution is 2.37. The summed E-state index contributed by atoms with van der Waals surface area (Å²) in [4.78, 5) is 10.2. The molecule has 7 heteroatoms. The Bertz CT molecular complexity index is 1430. The van der Waals surface area contributed by atoms with Crippen molar-refractivity contribution in [2.75, 3.05) is 0 Å². The lowest BCUT2D eigenvalue weighted by Crippen LogP contribution is -1.96. The van der Waals surface area contributed by atoms with Crippen molar-refractivity contribution in [3.63, 3.8) is 0 Å². The first-order valence-electron chi connectivity index (χ1n) is 9.30. The van der Waals surface area contributed by atoms with E-state index in [-0.39, 0.29) is 0 Å². The quantitative estimate of drug-likeness (QED) is 0.295. The summed E-state index contributed by atoms with van der Waals surface area (Å²) in [6, 6.07) is 16.1. The fourth-order valence-electron chi connectivity index (χ4n) is 3.62. The van der Waals surface area contributed by atoms with Gasteiger partial charge < -0.3 is 0 Å². The van der Waals surface area contributed by atoms with Gasteiger partial charge in [0.25, 0.3) is 0 Å². The van der Waals surface area contributed by atoms with Gasteiger partial charge in [0.1, 0.15) is 11.8 Å². The number of rotatable bonds is 4. The molecule has 0 aliphatic carbocycles. The number of thiophene rings is 1. The molecular formula is C23H14Cl2N4S. The minimum atomic E-state index is 0.465. The van der Waals surface area contributed by atoms with Crippen LogP contribution in [-0.2, 0) is 6.42 Å². The average molecular weight is 449 g/mol. The van der Waals surface area contributed by atoms with Crippen molar-refractivity contribution < 1.29 is 0 Å². The molecule has 0 unspecified atom stereocenters. The Labute approximate surface area is 187 Å². The minimum Gasteiger partial charge on any atom is -0.297 e. The first-order chi connectivity index (χ1) is 14.7. The molecule has 0 aliphatic heterocycles. The van der Waals surface area contributed by atoms with Gasteiger partial charge in [0.15, 0.2) is 0 Å². The molecule has 0 N–H and O–H groups in total. The van der Waals surface area contributed by atoms with Crippen LogP contribution in [-0.4, -0.2) is 14.5 Å². The Hall–Kier alpha value is -2.91. The normalized spacial score (nSPS) is 11.2. The van der Waals surface area contributed by atoms with Gasteiger partial charge in [-0.2, -0.15) is 5.26 Å². The van der Waals surface area contributed by atoms with Crippen molar-refractivity contribution in [2.24, 2.45) is 0 Å². The summed E-state index contributed by atoms with van der Waals surface area (Å²) in [6.45, 7) is 0. The Balaban J connectivity index is 1.73. The smallest absolute Gasteiger partial charge is 0.108 e. The van der Waals surface area contributed by atoms with E-state index in [9.17, 15) is 0 Å². The molecule has 0 fully saturated rings. The fraction of sp³-hybridized carbons (Fsp3) is 0.0870. The summed E-state index contributed by atoms with van der Waals surface area (Å²) in [5, 5.41) is 13.1. The Morgan fingerprint density at radius 2 is 1.93 bits per heavy atom. The number of fused-ring (bicyclic) bond motifs is 3. The van der Waals surface area contributed by atoms with Gasteiger partial charge in [-0.3, -0.25) is 9.55 Å². The van der Waals surface area contributed by atoms with Crippen molar-refractivity contribution in [3.05, 3.63) is 76.0 Å². The zero-order chi connectivity index (χ0) is 20.7. The molecule has 0 atom stereocenters. The predicted molar refractivity (Wildman–Crippen MR) is 124 cm³/mol. The molecule has 4 nitrogen and oxygen atoms in total. The molecule has 30 heavy (non-hydrogen) atoms. The minimum absolute atomic E-state index is 0.465. The van der Waals surface area contributed by atoms with Gasteiger partial charge in [-0.05, 0) is 47.7 Å². The summed E-state index contributed by atoms with van der Waals surface area (Å²) < 4.78 is 1.99. The monoisotopic (exact) mass is 448 g/mol. The van der Waals surface area contributed by atoms with Gasteiger partial charge in [-0.1, -0.05) is 35.3 Å². The number of benzene rings is 2. The number of halogens is 2. The highest BCUT2D eigenvalue weighted by atomic mass is 35.5. The third-order valence-electron chi connectivity index (χ3n) is 5.05. The van der Waals surface area contributed by atoms with Crippen LogP contribution in [0.25, 0.3) is 38.1 Å². The van der Waals surface area contributed by atoms with Gasteiger partial charge in [-0.15, -0.1) is 11.3 Å². The van der Waals surface area contributed by atoms with Crippen molar-refractivity contribution in [2.45, 2.75) is 12.8 Å². The van der Waals surface area contributed by atoms with Crippen LogP contribution in [0.4, 0.5) is 0 Å². The van der Waals surface area contributed by atoms with E-state index in [0.717, 1.165) is 43.6 Å². The van der Waals surface area contributed by atoms with Gasteiger partial charge >= 0.3 is 0 Å². The van der Waals surface area contributed by atoms with E-state index in [1.54, 1.807) is 23.9 Å². The molecule has 5 aromatic rings. The van der Waals surface area contributed by atoms with Gasteiger partial charge in [0.2, 0.25) is 0 Å². The maximum absolute atomic E-state index is 8.82. The molecule has 0 bridgehead atoms. The van der Waals surface area contributed by atoms with Gasteiger partial charge in [0, 0.05) is 22.2 Å². The Kier molecular flexibility index (Phi) is 4.92. The number of nitriles is 1. The molecule has 3 aromatic heterocycles. The summed E-state index contributed by atoms with van der Waals surface area (Å²) >= 11 is 14.8. The van der Waals surface area contributed by atoms with Crippen molar-refractivity contribution >= 4 is 56.5 Å². The lowest BCUT2D eigenvalue weighted by atomic mass is 10.1. The third kappa shape index (κ3) is 3.23. The summed E-state index contributed by atoms with van der Waals surface area (Å²) in [6.07, 6.45) is 4.66. The van der Waals surface area contributed by atoms with Crippen molar-refractivity contribution in [1.82, 2.24) is 14.5 Å². The van der Waals surface area contributed by atoms with Crippen LogP contribution in [0, 0.1) is 11.3 Å². The van der Waals surface area contributed by atoms with Crippen LogP contribution in [0.1, 0.15) is 12.0 Å². The number of aromatic nitrogens is 3. The first kappa shape index (κ1) is 19.1. The molecule has 0 saturated heterocycles. The lowest BCUT2D eigenvalue weighted by Gasteiger charge is -2.11. The van der Waals surface area contributed by atoms with Crippen LogP contribution in [0.5, 0.6) is 0 Å². The highest BCUT2D eigenvalue weighted by Gasteiger charge is 2.15. The first-order valence-corrected chi connectivity index (χ1v) is 10.9. The highest BCUT2D eigenvalue weighted by molar-refractivity contribution is 7.13. The second kappa shape index (κ2) is 7.73. The summed E-state index contributed by atoms with van der Waals surface area (Å²) in [5.74, 6) is 0. The Morgan fingerprint density at radius 1 is 1.03 bits per heavy atom. The van der Waals surface area contributed by atoms with E-state index >= 15 is 0 Å². The van der Waals surface area contributed by atoms with E-state index in [1.165, 1.54) is 0 Å². The molecule has 5 rings (SSSR count). The largest absolute Gasteiger partial charge is 0.297 e. The SMILES string of the molecule is N#CCCc1ccc(-n2cnc3cnc4cc(Cl)c(-c5cccs5)cc4c32)c(Cl)c1. The molecule has 0 radical (unpaired) electrons. The van der Waals surface area contributed by atoms with E-state index in [2.05, 4.69) is 28.2 Å². The molecule has 3 heterocycles. The molecule has 146 valence electrons. The number of hydrogen-bond donors (Lipinski definition) is 0. The standard InChI is InChI=1S/C23H14Cl2N4S/c24-17-11-19-16(10-15(17)22-4-2-8-30-22)23-20(12-27-19)28-13-29(23)21-6-5-14(3-1-7-26)9-18(21)25/h2,4-6,8-13H,1,3H2. The van der Waals surface area contributed by atoms with Crippen LogP contribution < -0.4 is 0 Å². The second-order valence-electron chi connectivity index (χ2n) is 6.88. The zero-order valence-electron chi connectivity index (χ0n) is 15.6.